The molecule has 26 heavy (non-hydrogen) atoms. The van der Waals surface area contributed by atoms with Crippen molar-refractivity contribution in [3.8, 4) is 0 Å². The average Bonchev–Trinajstić information content (AvgIpc) is 2.67. The van der Waals surface area contributed by atoms with Crippen molar-refractivity contribution in [3.05, 3.63) is 30.3 Å². The number of sulfonamides is 1. The lowest BCUT2D eigenvalue weighted by molar-refractivity contribution is -0.137. The van der Waals surface area contributed by atoms with E-state index in [4.69, 9.17) is 9.84 Å². The molecule has 2 aliphatic heterocycles. The van der Waals surface area contributed by atoms with Gasteiger partial charge in [-0.05, 0) is 30.9 Å². The summed E-state index contributed by atoms with van der Waals surface area (Å²) in [6.45, 7) is 3.82. The van der Waals surface area contributed by atoms with Gasteiger partial charge in [-0.3, -0.25) is 9.69 Å². The molecule has 2 aliphatic rings. The van der Waals surface area contributed by atoms with E-state index in [1.165, 1.54) is 4.31 Å². The Bertz CT molecular complexity index is 704. The van der Waals surface area contributed by atoms with Crippen molar-refractivity contribution in [1.82, 2.24) is 9.21 Å². The second-order valence-electron chi connectivity index (χ2n) is 6.87. The standard InChI is InChI=1S/C18H26N2O5S/c21-18(22)7-6-15-14-20(26(23,24)16-4-2-1-3-5-16)9-8-17(15)19-10-12-25-13-11-19/h1-5,15,17H,6-14H2,(H,21,22)/t15-,17+/m1/s1. The van der Waals surface area contributed by atoms with Crippen LogP contribution in [0.1, 0.15) is 19.3 Å². The number of aliphatic carboxylic acids is 1. The fourth-order valence-electron chi connectivity index (χ4n) is 3.93. The number of carboxylic acids is 1. The van der Waals surface area contributed by atoms with Gasteiger partial charge in [-0.15, -0.1) is 0 Å². The van der Waals surface area contributed by atoms with Crippen molar-refractivity contribution in [2.75, 3.05) is 39.4 Å². The van der Waals surface area contributed by atoms with Crippen LogP contribution < -0.4 is 0 Å². The molecule has 0 unspecified atom stereocenters. The van der Waals surface area contributed by atoms with Gasteiger partial charge >= 0.3 is 5.97 Å². The Balaban J connectivity index is 1.76. The van der Waals surface area contributed by atoms with Gasteiger partial charge in [0, 0.05) is 38.6 Å². The van der Waals surface area contributed by atoms with Gasteiger partial charge in [-0.2, -0.15) is 4.31 Å². The lowest BCUT2D eigenvalue weighted by Gasteiger charge is -2.44. The lowest BCUT2D eigenvalue weighted by atomic mass is 9.88. The molecule has 0 aliphatic carbocycles. The summed E-state index contributed by atoms with van der Waals surface area (Å²) in [5.74, 6) is -0.829. The van der Waals surface area contributed by atoms with Gasteiger partial charge in [0.05, 0.1) is 18.1 Å². The van der Waals surface area contributed by atoms with Gasteiger partial charge in [0.25, 0.3) is 0 Å². The molecule has 0 amide bonds. The largest absolute Gasteiger partial charge is 0.481 e. The maximum atomic E-state index is 12.9. The summed E-state index contributed by atoms with van der Waals surface area (Å²) in [4.78, 5) is 13.7. The van der Waals surface area contributed by atoms with Crippen LogP contribution in [0, 0.1) is 5.92 Å². The van der Waals surface area contributed by atoms with Crippen molar-refractivity contribution in [2.45, 2.75) is 30.2 Å². The van der Waals surface area contributed by atoms with Crippen LogP contribution >= 0.6 is 0 Å². The molecule has 1 aromatic rings. The number of carbonyl (C=O) groups is 1. The molecular formula is C18H26N2O5S. The van der Waals surface area contributed by atoms with Gasteiger partial charge in [-0.1, -0.05) is 18.2 Å². The van der Waals surface area contributed by atoms with E-state index in [0.717, 1.165) is 19.5 Å². The number of benzene rings is 1. The number of carboxylic acid groups (broad SMARTS) is 1. The predicted molar refractivity (Wildman–Crippen MR) is 96.4 cm³/mol. The Morgan fingerprint density at radius 2 is 1.85 bits per heavy atom. The molecule has 2 fully saturated rings. The number of piperidine rings is 1. The zero-order chi connectivity index (χ0) is 18.6. The normalized spacial score (nSPS) is 25.8. The number of nitrogens with zero attached hydrogens (tertiary/aromatic N) is 2. The predicted octanol–water partition coefficient (Wildman–Crippen LogP) is 1.26. The Morgan fingerprint density at radius 1 is 1.15 bits per heavy atom. The van der Waals surface area contributed by atoms with Crippen molar-refractivity contribution in [3.63, 3.8) is 0 Å². The Labute approximate surface area is 154 Å². The van der Waals surface area contributed by atoms with Crippen LogP contribution in [0.5, 0.6) is 0 Å². The highest BCUT2D eigenvalue weighted by molar-refractivity contribution is 7.89. The Morgan fingerprint density at radius 3 is 2.50 bits per heavy atom. The first kappa shape index (κ1) is 19.3. The van der Waals surface area contributed by atoms with Gasteiger partial charge in [0.15, 0.2) is 0 Å². The molecule has 2 saturated heterocycles. The Kier molecular flexibility index (Phi) is 6.29. The van der Waals surface area contributed by atoms with Gasteiger partial charge in [-0.25, -0.2) is 8.42 Å². The third-order valence-electron chi connectivity index (χ3n) is 5.28. The number of hydrogen-bond acceptors (Lipinski definition) is 5. The minimum Gasteiger partial charge on any atom is -0.481 e. The number of rotatable bonds is 6. The second-order valence-corrected chi connectivity index (χ2v) is 8.81. The molecule has 1 N–H and O–H groups in total. The van der Waals surface area contributed by atoms with Crippen LogP contribution in [0.3, 0.4) is 0 Å². The molecular weight excluding hydrogens is 356 g/mol. The highest BCUT2D eigenvalue weighted by Crippen LogP contribution is 2.30. The number of hydrogen-bond donors (Lipinski definition) is 1. The average molecular weight is 382 g/mol. The molecule has 2 heterocycles. The summed E-state index contributed by atoms with van der Waals surface area (Å²) in [5, 5.41) is 9.08. The maximum absolute atomic E-state index is 12.9. The van der Waals surface area contributed by atoms with Crippen molar-refractivity contribution >= 4 is 16.0 Å². The van der Waals surface area contributed by atoms with Gasteiger partial charge < -0.3 is 9.84 Å². The van der Waals surface area contributed by atoms with E-state index >= 15 is 0 Å². The first-order valence-corrected chi connectivity index (χ1v) is 10.5. The summed E-state index contributed by atoms with van der Waals surface area (Å²) in [6, 6.07) is 8.65. The fraction of sp³-hybridized carbons (Fsp3) is 0.611. The van der Waals surface area contributed by atoms with E-state index < -0.39 is 16.0 Å². The van der Waals surface area contributed by atoms with Gasteiger partial charge in [0.2, 0.25) is 10.0 Å². The van der Waals surface area contributed by atoms with Gasteiger partial charge in [0.1, 0.15) is 0 Å². The molecule has 0 bridgehead atoms. The summed E-state index contributed by atoms with van der Waals surface area (Å²) in [7, 11) is -3.54. The molecule has 1 aromatic carbocycles. The summed E-state index contributed by atoms with van der Waals surface area (Å²) >= 11 is 0. The van der Waals surface area contributed by atoms with E-state index in [9.17, 15) is 13.2 Å². The SMILES string of the molecule is O=C(O)CC[C@@H]1CN(S(=O)(=O)c2ccccc2)CC[C@@H]1N1CCOCC1. The van der Waals surface area contributed by atoms with Crippen molar-refractivity contribution in [2.24, 2.45) is 5.92 Å². The first-order valence-electron chi connectivity index (χ1n) is 9.07. The van der Waals surface area contributed by atoms with Crippen molar-refractivity contribution in [1.29, 1.82) is 0 Å². The zero-order valence-electron chi connectivity index (χ0n) is 14.8. The summed E-state index contributed by atoms with van der Waals surface area (Å²) in [5.41, 5.74) is 0. The quantitative estimate of drug-likeness (QED) is 0.797. The highest BCUT2D eigenvalue weighted by Gasteiger charge is 2.38. The molecule has 8 heteroatoms. The molecule has 7 nitrogen and oxygen atoms in total. The van der Waals surface area contributed by atoms with E-state index in [1.807, 2.05) is 0 Å². The molecule has 144 valence electrons. The molecule has 0 saturated carbocycles. The topological polar surface area (TPSA) is 87.2 Å². The van der Waals surface area contributed by atoms with Crippen LogP contribution in [0.15, 0.2) is 35.2 Å². The fourth-order valence-corrected chi connectivity index (χ4v) is 5.46. The van der Waals surface area contributed by atoms with E-state index in [1.54, 1.807) is 30.3 Å². The third-order valence-corrected chi connectivity index (χ3v) is 7.16. The zero-order valence-corrected chi connectivity index (χ0v) is 15.6. The van der Waals surface area contributed by atoms with Crippen LogP contribution in [0.25, 0.3) is 0 Å². The van der Waals surface area contributed by atoms with Crippen LogP contribution in [-0.2, 0) is 19.6 Å². The maximum Gasteiger partial charge on any atom is 0.303 e. The minimum atomic E-state index is -3.54. The van der Waals surface area contributed by atoms with E-state index in [-0.39, 0.29) is 18.4 Å². The van der Waals surface area contributed by atoms with Crippen molar-refractivity contribution < 1.29 is 23.1 Å². The molecule has 0 radical (unpaired) electrons. The monoisotopic (exact) mass is 382 g/mol. The smallest absolute Gasteiger partial charge is 0.303 e. The molecule has 3 rings (SSSR count). The van der Waals surface area contributed by atoms with Crippen LogP contribution in [0.2, 0.25) is 0 Å². The van der Waals surface area contributed by atoms with E-state index in [2.05, 4.69) is 4.90 Å². The third kappa shape index (κ3) is 4.43. The number of morpholine rings is 1. The summed E-state index contributed by atoms with van der Waals surface area (Å²) in [6.07, 6.45) is 1.26. The molecule has 0 aromatic heterocycles. The first-order chi connectivity index (χ1) is 12.5. The second kappa shape index (κ2) is 8.47. The molecule has 0 spiro atoms. The van der Waals surface area contributed by atoms with Crippen LogP contribution in [0.4, 0.5) is 0 Å². The van der Waals surface area contributed by atoms with Crippen LogP contribution in [-0.4, -0.2) is 74.1 Å². The van der Waals surface area contributed by atoms with E-state index in [0.29, 0.717) is 37.6 Å². The lowest BCUT2D eigenvalue weighted by Crippen LogP contribution is -2.55. The molecule has 2 atom stereocenters. The Hall–Kier alpha value is -1.48. The number of ether oxygens (including phenoxy) is 1. The highest BCUT2D eigenvalue weighted by atomic mass is 32.2. The summed E-state index contributed by atoms with van der Waals surface area (Å²) < 4.78 is 32.8. The minimum absolute atomic E-state index is 0.0106.